The molecule has 0 saturated heterocycles. The van der Waals surface area contributed by atoms with Crippen LogP contribution in [0, 0.1) is 0 Å². The van der Waals surface area contributed by atoms with Gasteiger partial charge in [0.25, 0.3) is 5.91 Å². The van der Waals surface area contributed by atoms with Crippen LogP contribution < -0.4 is 5.73 Å². The van der Waals surface area contributed by atoms with Crippen molar-refractivity contribution in [3.8, 4) is 0 Å². The minimum atomic E-state index is -0.0833. The van der Waals surface area contributed by atoms with Crippen LogP contribution >= 0.6 is 11.6 Å². The molecular formula is C14H21ClN2O3. The molecular weight excluding hydrogens is 280 g/mol. The number of nitrogens with two attached hydrogens (primary N) is 1. The molecule has 1 amide bonds. The Labute approximate surface area is 124 Å². The van der Waals surface area contributed by atoms with Gasteiger partial charge in [0.2, 0.25) is 0 Å². The number of methoxy groups -OCH3 is 2. The van der Waals surface area contributed by atoms with Crippen LogP contribution in [0.2, 0.25) is 5.02 Å². The molecule has 0 aliphatic heterocycles. The Morgan fingerprint density at radius 2 is 1.95 bits per heavy atom. The first-order valence-electron chi connectivity index (χ1n) is 6.42. The molecule has 0 saturated carbocycles. The molecule has 20 heavy (non-hydrogen) atoms. The van der Waals surface area contributed by atoms with Gasteiger partial charge in [-0.15, -0.1) is 0 Å². The lowest BCUT2D eigenvalue weighted by molar-refractivity contribution is 0.0674. The Morgan fingerprint density at radius 1 is 1.25 bits per heavy atom. The third kappa shape index (κ3) is 5.00. The van der Waals surface area contributed by atoms with E-state index in [4.69, 9.17) is 26.8 Å². The molecule has 0 heterocycles. The van der Waals surface area contributed by atoms with Crippen LogP contribution in [-0.2, 0) is 9.47 Å². The highest BCUT2D eigenvalue weighted by atomic mass is 35.5. The highest BCUT2D eigenvalue weighted by Gasteiger charge is 2.16. The summed E-state index contributed by atoms with van der Waals surface area (Å²) in [6.45, 7) is 2.24. The summed E-state index contributed by atoms with van der Waals surface area (Å²) in [5.74, 6) is -0.0833. The van der Waals surface area contributed by atoms with Crippen molar-refractivity contribution < 1.29 is 14.3 Å². The summed E-state index contributed by atoms with van der Waals surface area (Å²) in [6.07, 6.45) is 0.772. The topological polar surface area (TPSA) is 64.8 Å². The Hall–Kier alpha value is -1.30. The van der Waals surface area contributed by atoms with E-state index >= 15 is 0 Å². The number of hydrogen-bond donors (Lipinski definition) is 1. The van der Waals surface area contributed by atoms with Gasteiger partial charge in [0.1, 0.15) is 0 Å². The lowest BCUT2D eigenvalue weighted by Gasteiger charge is -2.22. The van der Waals surface area contributed by atoms with Crippen LogP contribution in [0.4, 0.5) is 5.69 Å². The summed E-state index contributed by atoms with van der Waals surface area (Å²) in [4.78, 5) is 14.2. The first-order chi connectivity index (χ1) is 9.60. The van der Waals surface area contributed by atoms with Gasteiger partial charge < -0.3 is 20.1 Å². The second kappa shape index (κ2) is 8.79. The van der Waals surface area contributed by atoms with E-state index in [0.717, 1.165) is 6.42 Å². The third-order valence-electron chi connectivity index (χ3n) is 2.88. The van der Waals surface area contributed by atoms with E-state index in [1.54, 1.807) is 37.3 Å². The van der Waals surface area contributed by atoms with Crippen LogP contribution in [0.5, 0.6) is 0 Å². The summed E-state index contributed by atoms with van der Waals surface area (Å²) in [5, 5.41) is 0.388. The number of benzene rings is 1. The van der Waals surface area contributed by atoms with E-state index in [1.807, 2.05) is 0 Å². The van der Waals surface area contributed by atoms with Crippen molar-refractivity contribution in [2.75, 3.05) is 46.3 Å². The molecule has 0 aliphatic carbocycles. The number of amides is 1. The summed E-state index contributed by atoms with van der Waals surface area (Å²) in [6, 6.07) is 4.91. The highest BCUT2D eigenvalue weighted by molar-refractivity contribution is 6.33. The number of anilines is 1. The van der Waals surface area contributed by atoms with Gasteiger partial charge in [0, 0.05) is 39.5 Å². The predicted molar refractivity (Wildman–Crippen MR) is 80.1 cm³/mol. The van der Waals surface area contributed by atoms with Crippen molar-refractivity contribution in [3.05, 3.63) is 28.8 Å². The molecule has 1 aromatic carbocycles. The van der Waals surface area contributed by atoms with Gasteiger partial charge >= 0.3 is 0 Å². The number of carbonyl (C=O) groups excluding carboxylic acids is 1. The quantitative estimate of drug-likeness (QED) is 0.589. The van der Waals surface area contributed by atoms with E-state index in [1.165, 1.54) is 0 Å². The molecule has 0 fully saturated rings. The summed E-state index contributed by atoms with van der Waals surface area (Å²) < 4.78 is 10.0. The van der Waals surface area contributed by atoms with E-state index in [2.05, 4.69) is 0 Å². The van der Waals surface area contributed by atoms with Crippen LogP contribution in [-0.4, -0.2) is 51.3 Å². The number of ether oxygens (including phenoxy) is 2. The van der Waals surface area contributed by atoms with Gasteiger partial charge in [-0.1, -0.05) is 11.6 Å². The Balaban J connectivity index is 2.76. The number of carbonyl (C=O) groups is 1. The molecule has 112 valence electrons. The summed E-state index contributed by atoms with van der Waals surface area (Å²) >= 11 is 5.95. The fourth-order valence-electron chi connectivity index (χ4n) is 1.76. The fourth-order valence-corrected chi connectivity index (χ4v) is 1.94. The maximum Gasteiger partial charge on any atom is 0.253 e. The number of nitrogen functional groups attached to an aromatic ring is 1. The van der Waals surface area contributed by atoms with Crippen molar-refractivity contribution in [3.63, 3.8) is 0 Å². The Bertz CT molecular complexity index is 440. The molecule has 1 rings (SSSR count). The number of nitrogens with zero attached hydrogens (tertiary/aromatic N) is 1. The average molecular weight is 301 g/mol. The van der Waals surface area contributed by atoms with Crippen LogP contribution in [0.1, 0.15) is 16.8 Å². The highest BCUT2D eigenvalue weighted by Crippen LogP contribution is 2.20. The monoisotopic (exact) mass is 300 g/mol. The van der Waals surface area contributed by atoms with E-state index in [9.17, 15) is 4.79 Å². The molecule has 0 aromatic heterocycles. The Morgan fingerprint density at radius 3 is 2.55 bits per heavy atom. The standard InChI is InChI=1S/C14H21ClN2O3/c1-19-8-3-6-17(7-9-20-2)14(18)11-4-5-13(16)12(15)10-11/h4-5,10H,3,6-9,16H2,1-2H3. The largest absolute Gasteiger partial charge is 0.398 e. The van der Waals surface area contributed by atoms with Gasteiger partial charge in [0.15, 0.2) is 0 Å². The smallest absolute Gasteiger partial charge is 0.253 e. The number of hydrogen-bond acceptors (Lipinski definition) is 4. The zero-order chi connectivity index (χ0) is 15.0. The van der Waals surface area contributed by atoms with Gasteiger partial charge in [-0.25, -0.2) is 0 Å². The second-order valence-electron chi connectivity index (χ2n) is 4.37. The zero-order valence-electron chi connectivity index (χ0n) is 11.9. The average Bonchev–Trinajstić information content (AvgIpc) is 2.45. The van der Waals surface area contributed by atoms with Crippen molar-refractivity contribution >= 4 is 23.2 Å². The normalized spacial score (nSPS) is 10.6. The molecule has 0 spiro atoms. The number of halogens is 1. The summed E-state index contributed by atoms with van der Waals surface area (Å²) in [7, 11) is 3.25. The molecule has 0 atom stereocenters. The maximum atomic E-state index is 12.4. The minimum Gasteiger partial charge on any atom is -0.398 e. The predicted octanol–water partition coefficient (Wildman–Crippen LogP) is 2.05. The Kier molecular flexibility index (Phi) is 7.36. The van der Waals surface area contributed by atoms with E-state index in [0.29, 0.717) is 42.6 Å². The molecule has 2 N–H and O–H groups in total. The van der Waals surface area contributed by atoms with E-state index in [-0.39, 0.29) is 5.91 Å². The van der Waals surface area contributed by atoms with E-state index < -0.39 is 0 Å². The minimum absolute atomic E-state index is 0.0833. The van der Waals surface area contributed by atoms with Gasteiger partial charge in [-0.3, -0.25) is 4.79 Å². The molecule has 0 aliphatic rings. The first-order valence-corrected chi connectivity index (χ1v) is 6.80. The molecule has 5 nitrogen and oxygen atoms in total. The second-order valence-corrected chi connectivity index (χ2v) is 4.77. The molecule has 6 heteroatoms. The fraction of sp³-hybridized carbons (Fsp3) is 0.500. The van der Waals surface area contributed by atoms with Crippen LogP contribution in [0.25, 0.3) is 0 Å². The van der Waals surface area contributed by atoms with Crippen molar-refractivity contribution in [2.24, 2.45) is 0 Å². The van der Waals surface area contributed by atoms with Crippen molar-refractivity contribution in [1.29, 1.82) is 0 Å². The van der Waals surface area contributed by atoms with Gasteiger partial charge in [-0.05, 0) is 24.6 Å². The molecule has 0 radical (unpaired) electrons. The number of rotatable bonds is 8. The molecule has 0 unspecified atom stereocenters. The third-order valence-corrected chi connectivity index (χ3v) is 3.20. The molecule has 0 bridgehead atoms. The lowest BCUT2D eigenvalue weighted by Crippen LogP contribution is -2.35. The SMILES string of the molecule is COCCCN(CCOC)C(=O)c1ccc(N)c(Cl)c1. The van der Waals surface area contributed by atoms with Gasteiger partial charge in [0.05, 0.1) is 17.3 Å². The van der Waals surface area contributed by atoms with Crippen molar-refractivity contribution in [1.82, 2.24) is 4.90 Å². The zero-order valence-corrected chi connectivity index (χ0v) is 12.7. The maximum absolute atomic E-state index is 12.4. The van der Waals surface area contributed by atoms with Crippen LogP contribution in [0.15, 0.2) is 18.2 Å². The first kappa shape index (κ1) is 16.8. The molecule has 1 aromatic rings. The summed E-state index contributed by atoms with van der Waals surface area (Å²) in [5.41, 5.74) is 6.64. The van der Waals surface area contributed by atoms with Gasteiger partial charge in [-0.2, -0.15) is 0 Å². The van der Waals surface area contributed by atoms with Crippen molar-refractivity contribution in [2.45, 2.75) is 6.42 Å². The van der Waals surface area contributed by atoms with Crippen LogP contribution in [0.3, 0.4) is 0 Å². The lowest BCUT2D eigenvalue weighted by atomic mass is 10.1.